The van der Waals surface area contributed by atoms with Crippen molar-refractivity contribution in [1.29, 1.82) is 0 Å². The first kappa shape index (κ1) is 7.65. The van der Waals surface area contributed by atoms with Gasteiger partial charge in [0, 0.05) is 4.47 Å². The third-order valence-corrected chi connectivity index (χ3v) is 2.08. The quantitative estimate of drug-likeness (QED) is 0.584. The third kappa shape index (κ3) is 1.34. The molecule has 0 bridgehead atoms. The van der Waals surface area contributed by atoms with Crippen molar-refractivity contribution in [2.75, 3.05) is 0 Å². The third-order valence-electron chi connectivity index (χ3n) is 1.11. The molecule has 0 aliphatic rings. The first-order valence-electron chi connectivity index (χ1n) is 2.66. The molecule has 0 aromatic heterocycles. The number of hydrogen-bond acceptors (Lipinski definition) is 0. The molecule has 0 unspecified atom stereocenters. The average Bonchev–Trinajstić information content (AvgIpc) is 1.88. The molecule has 0 aliphatic carbocycles. The van der Waals surface area contributed by atoms with Crippen LogP contribution in [-0.4, -0.2) is 0 Å². The van der Waals surface area contributed by atoms with E-state index < -0.39 is 0 Å². The van der Waals surface area contributed by atoms with Gasteiger partial charge < -0.3 is 0 Å². The SMILES string of the molecule is C#Cc1c(Cl)cccc1Br. The van der Waals surface area contributed by atoms with Gasteiger partial charge in [-0.1, -0.05) is 23.6 Å². The molecule has 0 heterocycles. The van der Waals surface area contributed by atoms with E-state index in [4.69, 9.17) is 18.0 Å². The van der Waals surface area contributed by atoms with Gasteiger partial charge in [0.25, 0.3) is 0 Å². The van der Waals surface area contributed by atoms with Crippen LogP contribution in [0.4, 0.5) is 0 Å². The molecule has 1 aromatic rings. The van der Waals surface area contributed by atoms with Crippen molar-refractivity contribution in [3.8, 4) is 12.3 Å². The Morgan fingerprint density at radius 2 is 2.20 bits per heavy atom. The second-order valence-electron chi connectivity index (χ2n) is 1.74. The highest BCUT2D eigenvalue weighted by Gasteiger charge is 1.98. The molecule has 1 rings (SSSR count). The Morgan fingerprint density at radius 3 is 2.60 bits per heavy atom. The lowest BCUT2D eigenvalue weighted by molar-refractivity contribution is 1.59. The summed E-state index contributed by atoms with van der Waals surface area (Å²) in [6, 6.07) is 5.47. The van der Waals surface area contributed by atoms with Crippen LogP contribution >= 0.6 is 27.5 Å². The summed E-state index contributed by atoms with van der Waals surface area (Å²) in [5.41, 5.74) is 0.712. The number of benzene rings is 1. The minimum atomic E-state index is 0.608. The topological polar surface area (TPSA) is 0 Å². The molecule has 0 nitrogen and oxygen atoms in total. The Morgan fingerprint density at radius 1 is 1.50 bits per heavy atom. The highest BCUT2D eigenvalue weighted by molar-refractivity contribution is 9.10. The van der Waals surface area contributed by atoms with Crippen molar-refractivity contribution < 1.29 is 0 Å². The number of hydrogen-bond donors (Lipinski definition) is 0. The minimum absolute atomic E-state index is 0.608. The molecule has 0 amide bonds. The van der Waals surface area contributed by atoms with Gasteiger partial charge in [-0.15, -0.1) is 6.42 Å². The summed E-state index contributed by atoms with van der Waals surface area (Å²) in [6.07, 6.45) is 5.19. The zero-order chi connectivity index (χ0) is 7.56. The van der Waals surface area contributed by atoms with E-state index in [1.165, 1.54) is 0 Å². The Balaban J connectivity index is 3.34. The van der Waals surface area contributed by atoms with Gasteiger partial charge in [0.1, 0.15) is 0 Å². The lowest BCUT2D eigenvalue weighted by atomic mass is 10.2. The van der Waals surface area contributed by atoms with E-state index in [0.29, 0.717) is 10.6 Å². The highest BCUT2D eigenvalue weighted by Crippen LogP contribution is 2.22. The average molecular weight is 215 g/mol. The number of terminal acetylenes is 1. The van der Waals surface area contributed by atoms with Gasteiger partial charge in [0.2, 0.25) is 0 Å². The Kier molecular flexibility index (Phi) is 2.37. The van der Waals surface area contributed by atoms with Gasteiger partial charge in [-0.25, -0.2) is 0 Å². The molecule has 0 atom stereocenters. The van der Waals surface area contributed by atoms with Gasteiger partial charge in [0.05, 0.1) is 10.6 Å². The molecule has 1 aromatic carbocycles. The van der Waals surface area contributed by atoms with E-state index in [1.807, 2.05) is 12.1 Å². The Bertz CT molecular complexity index is 266. The van der Waals surface area contributed by atoms with Crippen molar-refractivity contribution in [2.45, 2.75) is 0 Å². The second-order valence-corrected chi connectivity index (χ2v) is 3.00. The van der Waals surface area contributed by atoms with E-state index in [0.717, 1.165) is 4.47 Å². The van der Waals surface area contributed by atoms with E-state index >= 15 is 0 Å². The lowest BCUT2D eigenvalue weighted by Crippen LogP contribution is -1.76. The molecule has 2 heteroatoms. The predicted octanol–water partition coefficient (Wildman–Crippen LogP) is 3.08. The van der Waals surface area contributed by atoms with Crippen LogP contribution in [-0.2, 0) is 0 Å². The Labute approximate surface area is 73.3 Å². The monoisotopic (exact) mass is 214 g/mol. The summed E-state index contributed by atoms with van der Waals surface area (Å²) in [4.78, 5) is 0. The van der Waals surface area contributed by atoms with Gasteiger partial charge in [-0.3, -0.25) is 0 Å². The maximum Gasteiger partial charge on any atom is 0.0573 e. The van der Waals surface area contributed by atoms with Crippen LogP contribution in [0.3, 0.4) is 0 Å². The summed E-state index contributed by atoms with van der Waals surface area (Å²) in [6.45, 7) is 0. The highest BCUT2D eigenvalue weighted by atomic mass is 79.9. The van der Waals surface area contributed by atoms with Crippen LogP contribution in [0.15, 0.2) is 22.7 Å². The molecular weight excluding hydrogens is 211 g/mol. The van der Waals surface area contributed by atoms with Crippen LogP contribution in [0.5, 0.6) is 0 Å². The molecule has 10 heavy (non-hydrogen) atoms. The van der Waals surface area contributed by atoms with Crippen LogP contribution in [0.25, 0.3) is 0 Å². The fourth-order valence-electron chi connectivity index (χ4n) is 0.636. The van der Waals surface area contributed by atoms with Gasteiger partial charge in [-0.2, -0.15) is 0 Å². The van der Waals surface area contributed by atoms with Gasteiger partial charge in [0.15, 0.2) is 0 Å². The largest absolute Gasteiger partial charge is 0.115 e. The normalized spacial score (nSPS) is 8.90. The zero-order valence-electron chi connectivity index (χ0n) is 5.07. The summed E-state index contributed by atoms with van der Waals surface area (Å²) < 4.78 is 0.863. The van der Waals surface area contributed by atoms with E-state index in [-0.39, 0.29) is 0 Å². The van der Waals surface area contributed by atoms with E-state index in [1.54, 1.807) is 6.07 Å². The first-order valence-corrected chi connectivity index (χ1v) is 3.83. The van der Waals surface area contributed by atoms with Crippen LogP contribution in [0.2, 0.25) is 5.02 Å². The molecule has 0 saturated heterocycles. The number of rotatable bonds is 0. The predicted molar refractivity (Wildman–Crippen MR) is 47.1 cm³/mol. The first-order chi connectivity index (χ1) is 4.75. The maximum atomic E-state index is 5.76. The minimum Gasteiger partial charge on any atom is -0.115 e. The van der Waals surface area contributed by atoms with Crippen LogP contribution < -0.4 is 0 Å². The summed E-state index contributed by atoms with van der Waals surface area (Å²) in [7, 11) is 0. The number of halogens is 2. The second kappa shape index (κ2) is 3.09. The van der Waals surface area contributed by atoms with Crippen LogP contribution in [0, 0.1) is 12.3 Å². The molecule has 0 saturated carbocycles. The molecule has 0 N–H and O–H groups in total. The molecule has 0 radical (unpaired) electrons. The fourth-order valence-corrected chi connectivity index (χ4v) is 1.46. The lowest BCUT2D eigenvalue weighted by Gasteiger charge is -1.96. The molecule has 50 valence electrons. The molecule has 0 fully saturated rings. The van der Waals surface area contributed by atoms with Crippen LogP contribution in [0.1, 0.15) is 5.56 Å². The summed E-state index contributed by atoms with van der Waals surface area (Å²) in [5, 5.41) is 0.608. The zero-order valence-corrected chi connectivity index (χ0v) is 7.41. The van der Waals surface area contributed by atoms with Crippen molar-refractivity contribution >= 4 is 27.5 Å². The summed E-state index contributed by atoms with van der Waals surface area (Å²) in [5.74, 6) is 2.48. The maximum absolute atomic E-state index is 5.76. The molecule has 0 spiro atoms. The molecule has 0 aliphatic heterocycles. The molecular formula is C8H4BrCl. The van der Waals surface area contributed by atoms with Crippen molar-refractivity contribution in [1.82, 2.24) is 0 Å². The van der Waals surface area contributed by atoms with Gasteiger partial charge in [-0.05, 0) is 28.1 Å². The van der Waals surface area contributed by atoms with Gasteiger partial charge >= 0.3 is 0 Å². The standard InChI is InChI=1S/C8H4BrCl/c1-2-6-7(9)4-3-5-8(6)10/h1,3-5H. The van der Waals surface area contributed by atoms with E-state index in [2.05, 4.69) is 21.9 Å². The van der Waals surface area contributed by atoms with E-state index in [9.17, 15) is 0 Å². The fraction of sp³-hybridized carbons (Fsp3) is 0. The van der Waals surface area contributed by atoms with Crippen molar-refractivity contribution in [3.63, 3.8) is 0 Å². The van der Waals surface area contributed by atoms with Crippen molar-refractivity contribution in [3.05, 3.63) is 33.3 Å². The van der Waals surface area contributed by atoms with Crippen molar-refractivity contribution in [2.24, 2.45) is 0 Å². The summed E-state index contributed by atoms with van der Waals surface area (Å²) >= 11 is 9.04. The Hall–Kier alpha value is -0.450. The smallest absolute Gasteiger partial charge is 0.0573 e.